The Hall–Kier alpha value is -2.83. The van der Waals surface area contributed by atoms with Crippen molar-refractivity contribution in [1.29, 1.82) is 0 Å². The number of hydrogen-bond donors (Lipinski definition) is 1. The lowest BCUT2D eigenvalue weighted by Gasteiger charge is -2.29. The number of carbonyl (C=O) groups excluding carboxylic acids is 2. The van der Waals surface area contributed by atoms with Crippen LogP contribution in [0.15, 0.2) is 42.6 Å². The molecule has 2 aromatic rings. The normalized spacial score (nSPS) is 20.0. The Kier molecular flexibility index (Phi) is 4.95. The van der Waals surface area contributed by atoms with E-state index in [1.165, 1.54) is 11.0 Å². The van der Waals surface area contributed by atoms with E-state index in [-0.39, 0.29) is 18.2 Å². The average molecular weight is 373 g/mol. The highest BCUT2D eigenvalue weighted by Gasteiger charge is 2.42. The zero-order valence-electron chi connectivity index (χ0n) is 15.4. The number of halogens is 2. The summed E-state index contributed by atoms with van der Waals surface area (Å²) in [5, 5.41) is 2.90. The summed E-state index contributed by atoms with van der Waals surface area (Å²) in [4.78, 5) is 30.8. The highest BCUT2D eigenvalue weighted by atomic mass is 19.2. The van der Waals surface area contributed by atoms with Gasteiger partial charge in [0.2, 0.25) is 11.8 Å². The molecule has 27 heavy (non-hydrogen) atoms. The molecule has 3 rings (SSSR count). The summed E-state index contributed by atoms with van der Waals surface area (Å²) in [6.45, 7) is 3.50. The molecule has 1 aliphatic rings. The molecule has 0 saturated carbocycles. The SMILES string of the molecule is CN1C(=O)C[C@H](NC(=O)C(C)(C)c2ccccn2)[C@H]1c1ccc(F)c(F)c1. The Balaban J connectivity index is 1.87. The van der Waals surface area contributed by atoms with Gasteiger partial charge >= 0.3 is 0 Å². The predicted octanol–water partition coefficient (Wildman–Crippen LogP) is 2.73. The minimum Gasteiger partial charge on any atom is -0.350 e. The van der Waals surface area contributed by atoms with Crippen LogP contribution in [0.3, 0.4) is 0 Å². The molecule has 7 heteroatoms. The molecule has 0 aliphatic carbocycles. The summed E-state index contributed by atoms with van der Waals surface area (Å²) in [6, 6.07) is 7.73. The molecule has 1 N–H and O–H groups in total. The van der Waals surface area contributed by atoms with Crippen molar-refractivity contribution in [2.45, 2.75) is 37.8 Å². The van der Waals surface area contributed by atoms with Gasteiger partial charge in [0, 0.05) is 19.7 Å². The maximum absolute atomic E-state index is 13.7. The summed E-state index contributed by atoms with van der Waals surface area (Å²) in [6.07, 6.45) is 1.70. The van der Waals surface area contributed by atoms with Crippen LogP contribution in [-0.2, 0) is 15.0 Å². The standard InChI is InChI=1S/C20H21F2N3O2/c1-20(2,16-6-4-5-9-23-16)19(27)24-15-11-17(26)25(3)18(15)12-7-8-13(21)14(22)10-12/h4-10,15,18H,11H2,1-3H3,(H,24,27)/t15-,18+/m0/s1. The van der Waals surface area contributed by atoms with E-state index in [4.69, 9.17) is 0 Å². The van der Waals surface area contributed by atoms with Crippen LogP contribution in [0.4, 0.5) is 8.78 Å². The lowest BCUT2D eigenvalue weighted by atomic mass is 9.87. The second-order valence-electron chi connectivity index (χ2n) is 7.25. The number of pyridine rings is 1. The first-order valence-corrected chi connectivity index (χ1v) is 8.65. The van der Waals surface area contributed by atoms with E-state index in [1.54, 1.807) is 45.3 Å². The third kappa shape index (κ3) is 3.54. The van der Waals surface area contributed by atoms with Gasteiger partial charge in [-0.2, -0.15) is 0 Å². The third-order valence-corrected chi connectivity index (χ3v) is 5.06. The number of benzene rings is 1. The molecule has 0 radical (unpaired) electrons. The van der Waals surface area contributed by atoms with Crippen molar-refractivity contribution in [3.63, 3.8) is 0 Å². The van der Waals surface area contributed by atoms with Gasteiger partial charge in [-0.1, -0.05) is 12.1 Å². The minimum atomic E-state index is -0.987. The van der Waals surface area contributed by atoms with Crippen LogP contribution in [0, 0.1) is 11.6 Å². The van der Waals surface area contributed by atoms with Gasteiger partial charge in [0.05, 0.1) is 23.2 Å². The first-order valence-electron chi connectivity index (χ1n) is 8.65. The maximum atomic E-state index is 13.7. The molecule has 1 fully saturated rings. The molecule has 5 nitrogen and oxygen atoms in total. The molecule has 2 atom stereocenters. The number of likely N-dealkylation sites (N-methyl/N-ethyl adjacent to an activating group) is 1. The highest BCUT2D eigenvalue weighted by Crippen LogP contribution is 2.33. The van der Waals surface area contributed by atoms with E-state index in [1.807, 2.05) is 0 Å². The molecule has 142 valence electrons. The summed E-state index contributed by atoms with van der Waals surface area (Å²) >= 11 is 0. The van der Waals surface area contributed by atoms with Crippen molar-refractivity contribution in [3.8, 4) is 0 Å². The fourth-order valence-electron chi connectivity index (χ4n) is 3.35. The van der Waals surface area contributed by atoms with Crippen LogP contribution in [0.1, 0.15) is 37.6 Å². The molecule has 1 aromatic carbocycles. The number of likely N-dealkylation sites (tertiary alicyclic amines) is 1. The van der Waals surface area contributed by atoms with Crippen molar-refractivity contribution in [3.05, 3.63) is 65.5 Å². The Morgan fingerprint density at radius 3 is 2.59 bits per heavy atom. The second kappa shape index (κ2) is 7.06. The lowest BCUT2D eigenvalue weighted by Crippen LogP contribution is -2.47. The molecular weight excluding hydrogens is 352 g/mol. The largest absolute Gasteiger partial charge is 0.350 e. The van der Waals surface area contributed by atoms with Crippen molar-refractivity contribution in [2.24, 2.45) is 0 Å². The first kappa shape index (κ1) is 18.9. The quantitative estimate of drug-likeness (QED) is 0.896. The molecule has 0 unspecified atom stereocenters. The molecule has 1 aromatic heterocycles. The average Bonchev–Trinajstić information content (AvgIpc) is 2.92. The van der Waals surface area contributed by atoms with Crippen LogP contribution >= 0.6 is 0 Å². The zero-order valence-corrected chi connectivity index (χ0v) is 15.4. The van der Waals surface area contributed by atoms with Gasteiger partial charge in [-0.15, -0.1) is 0 Å². The van der Waals surface area contributed by atoms with Gasteiger partial charge in [0.25, 0.3) is 0 Å². The molecule has 0 spiro atoms. The van der Waals surface area contributed by atoms with E-state index in [0.29, 0.717) is 11.3 Å². The van der Waals surface area contributed by atoms with E-state index in [0.717, 1.165) is 12.1 Å². The van der Waals surface area contributed by atoms with E-state index in [2.05, 4.69) is 10.3 Å². The number of nitrogens with one attached hydrogen (secondary N) is 1. The zero-order chi connectivity index (χ0) is 19.8. The second-order valence-corrected chi connectivity index (χ2v) is 7.25. The van der Waals surface area contributed by atoms with E-state index in [9.17, 15) is 18.4 Å². The lowest BCUT2D eigenvalue weighted by molar-refractivity contribution is -0.127. The number of rotatable bonds is 4. The number of carbonyl (C=O) groups is 2. The maximum Gasteiger partial charge on any atom is 0.232 e. The predicted molar refractivity (Wildman–Crippen MR) is 95.7 cm³/mol. The van der Waals surface area contributed by atoms with E-state index >= 15 is 0 Å². The number of amides is 2. The Bertz CT molecular complexity index is 871. The molecular formula is C20H21F2N3O2. The minimum absolute atomic E-state index is 0.0875. The van der Waals surface area contributed by atoms with Crippen molar-refractivity contribution in [2.75, 3.05) is 7.05 Å². The van der Waals surface area contributed by atoms with Crippen LogP contribution in [-0.4, -0.2) is 34.8 Å². The monoisotopic (exact) mass is 373 g/mol. The molecule has 1 aliphatic heterocycles. The van der Waals surface area contributed by atoms with Crippen LogP contribution in [0.2, 0.25) is 0 Å². The third-order valence-electron chi connectivity index (χ3n) is 5.06. The summed E-state index contributed by atoms with van der Waals surface area (Å²) in [7, 11) is 1.59. The fourth-order valence-corrected chi connectivity index (χ4v) is 3.35. The van der Waals surface area contributed by atoms with Crippen molar-refractivity contribution < 1.29 is 18.4 Å². The Labute approximate surface area is 156 Å². The van der Waals surface area contributed by atoms with E-state index < -0.39 is 29.1 Å². The van der Waals surface area contributed by atoms with Gasteiger partial charge < -0.3 is 10.2 Å². The van der Waals surface area contributed by atoms with Crippen LogP contribution in [0.5, 0.6) is 0 Å². The molecule has 1 saturated heterocycles. The Morgan fingerprint density at radius 1 is 1.22 bits per heavy atom. The van der Waals surface area contributed by atoms with Crippen LogP contribution in [0.25, 0.3) is 0 Å². The molecule has 2 amide bonds. The van der Waals surface area contributed by atoms with Gasteiger partial charge in [0.1, 0.15) is 0 Å². The van der Waals surface area contributed by atoms with Crippen LogP contribution < -0.4 is 5.32 Å². The van der Waals surface area contributed by atoms with Gasteiger partial charge in [-0.3, -0.25) is 14.6 Å². The molecule has 2 heterocycles. The van der Waals surface area contributed by atoms with Gasteiger partial charge in [0.15, 0.2) is 11.6 Å². The van der Waals surface area contributed by atoms with Crippen molar-refractivity contribution in [1.82, 2.24) is 15.2 Å². The van der Waals surface area contributed by atoms with Gasteiger partial charge in [-0.25, -0.2) is 8.78 Å². The number of hydrogen-bond acceptors (Lipinski definition) is 3. The Morgan fingerprint density at radius 2 is 1.96 bits per heavy atom. The summed E-state index contributed by atoms with van der Waals surface area (Å²) in [5.41, 5.74) is 0.122. The molecule has 0 bridgehead atoms. The first-order chi connectivity index (χ1) is 12.7. The summed E-state index contributed by atoms with van der Waals surface area (Å²) in [5.74, 6) is -2.41. The highest BCUT2D eigenvalue weighted by molar-refractivity contribution is 5.88. The smallest absolute Gasteiger partial charge is 0.232 e. The van der Waals surface area contributed by atoms with Gasteiger partial charge in [-0.05, 0) is 43.7 Å². The summed E-state index contributed by atoms with van der Waals surface area (Å²) < 4.78 is 27.0. The topological polar surface area (TPSA) is 62.3 Å². The fraction of sp³-hybridized carbons (Fsp3) is 0.350. The number of nitrogens with zero attached hydrogens (tertiary/aromatic N) is 2. The number of aromatic nitrogens is 1. The van der Waals surface area contributed by atoms with Crippen molar-refractivity contribution >= 4 is 11.8 Å².